The van der Waals surface area contributed by atoms with Gasteiger partial charge in [0.1, 0.15) is 0 Å². The van der Waals surface area contributed by atoms with Crippen LogP contribution in [-0.4, -0.2) is 0 Å². The minimum atomic E-state index is -1.50. The highest BCUT2D eigenvalue weighted by molar-refractivity contribution is 7.26. The van der Waals surface area contributed by atoms with Crippen LogP contribution in [0.1, 0.15) is 11.1 Å². The number of fused-ring (bicyclic) bond motifs is 3. The molecule has 21 heavy (non-hydrogen) atoms. The normalized spacial score (nSPS) is 13.2. The van der Waals surface area contributed by atoms with Gasteiger partial charge in [-0.3, -0.25) is 0 Å². The lowest BCUT2D eigenvalue weighted by molar-refractivity contribution is 1.28. The summed E-state index contributed by atoms with van der Waals surface area (Å²) < 4.78 is -1.23. The zero-order chi connectivity index (χ0) is 15.4. The van der Waals surface area contributed by atoms with Gasteiger partial charge in [-0.25, -0.2) is 0 Å². The first kappa shape index (κ1) is 16.3. The third-order valence-electron chi connectivity index (χ3n) is 3.14. The Morgan fingerprint density at radius 2 is 1.00 bits per heavy atom. The standard InChI is InChI=1S/C14H6Cl6S/c15-13(16,17)9-5-1-3-7-8-4-2-6-10(14(18,19)20)12(8)21-11(7)9/h1-6H. The molecule has 0 atom stereocenters. The van der Waals surface area contributed by atoms with Crippen LogP contribution in [0.5, 0.6) is 0 Å². The molecule has 0 fully saturated rings. The zero-order valence-corrected chi connectivity index (χ0v) is 15.5. The predicted molar refractivity (Wildman–Crippen MR) is 97.8 cm³/mol. The molecule has 3 aromatic rings. The lowest BCUT2D eigenvalue weighted by atomic mass is 10.1. The smallest absolute Gasteiger partial charge is 0.134 e. The first-order chi connectivity index (χ1) is 9.69. The summed E-state index contributed by atoms with van der Waals surface area (Å²) in [5.41, 5.74) is 1.25. The molecule has 1 heterocycles. The Bertz CT molecular complexity index is 757. The third-order valence-corrected chi connectivity index (χ3v) is 5.64. The van der Waals surface area contributed by atoms with Crippen LogP contribution in [0.4, 0.5) is 0 Å². The van der Waals surface area contributed by atoms with Crippen molar-refractivity contribution in [1.82, 2.24) is 0 Å². The molecule has 0 aliphatic rings. The molecule has 3 rings (SSSR count). The van der Waals surface area contributed by atoms with Crippen molar-refractivity contribution in [2.75, 3.05) is 0 Å². The number of rotatable bonds is 0. The molecule has 0 unspecified atom stereocenters. The van der Waals surface area contributed by atoms with Crippen LogP contribution in [0.2, 0.25) is 0 Å². The van der Waals surface area contributed by atoms with E-state index in [1.807, 2.05) is 24.3 Å². The van der Waals surface area contributed by atoms with Gasteiger partial charge >= 0.3 is 0 Å². The number of hydrogen-bond donors (Lipinski definition) is 0. The second-order valence-electron chi connectivity index (χ2n) is 4.46. The highest BCUT2D eigenvalue weighted by Gasteiger charge is 2.29. The van der Waals surface area contributed by atoms with E-state index in [4.69, 9.17) is 69.6 Å². The lowest BCUT2D eigenvalue weighted by Gasteiger charge is -2.11. The Kier molecular flexibility index (Phi) is 4.25. The van der Waals surface area contributed by atoms with E-state index in [-0.39, 0.29) is 0 Å². The summed E-state index contributed by atoms with van der Waals surface area (Å²) in [7, 11) is 0. The maximum Gasteiger partial charge on any atom is 0.217 e. The Morgan fingerprint density at radius 1 is 0.619 bits per heavy atom. The molecule has 0 bridgehead atoms. The van der Waals surface area contributed by atoms with E-state index in [0.717, 1.165) is 20.2 Å². The zero-order valence-electron chi connectivity index (χ0n) is 10.1. The Hall–Kier alpha value is 0.400. The Balaban J connectivity index is 2.46. The highest BCUT2D eigenvalue weighted by Crippen LogP contribution is 2.49. The van der Waals surface area contributed by atoms with Crippen molar-refractivity contribution in [3.8, 4) is 0 Å². The van der Waals surface area contributed by atoms with E-state index < -0.39 is 7.59 Å². The van der Waals surface area contributed by atoms with Crippen molar-refractivity contribution in [2.45, 2.75) is 7.59 Å². The summed E-state index contributed by atoms with van der Waals surface area (Å²) in [4.78, 5) is 0. The fourth-order valence-corrected chi connectivity index (χ4v) is 4.99. The predicted octanol–water partition coefficient (Wildman–Crippen LogP) is 7.71. The largest absolute Gasteiger partial charge is 0.217 e. The number of benzene rings is 2. The average molecular weight is 419 g/mol. The molecule has 0 amide bonds. The van der Waals surface area contributed by atoms with E-state index in [9.17, 15) is 0 Å². The van der Waals surface area contributed by atoms with Gasteiger partial charge in [0.15, 0.2) is 0 Å². The van der Waals surface area contributed by atoms with E-state index in [0.29, 0.717) is 11.1 Å². The molecule has 0 nitrogen and oxygen atoms in total. The van der Waals surface area contributed by atoms with Gasteiger partial charge in [0, 0.05) is 31.3 Å². The van der Waals surface area contributed by atoms with Crippen molar-refractivity contribution in [3.05, 3.63) is 47.5 Å². The van der Waals surface area contributed by atoms with Gasteiger partial charge in [-0.2, -0.15) is 0 Å². The van der Waals surface area contributed by atoms with Gasteiger partial charge in [-0.1, -0.05) is 106 Å². The van der Waals surface area contributed by atoms with Gasteiger partial charge in [0.2, 0.25) is 7.59 Å². The van der Waals surface area contributed by atoms with Crippen molar-refractivity contribution in [2.24, 2.45) is 0 Å². The molecule has 0 saturated carbocycles. The number of thiophene rings is 1. The monoisotopic (exact) mass is 416 g/mol. The molecular weight excluding hydrogens is 413 g/mol. The number of hydrogen-bond acceptors (Lipinski definition) is 1. The maximum absolute atomic E-state index is 6.05. The summed E-state index contributed by atoms with van der Waals surface area (Å²) in [6.45, 7) is 0. The molecular formula is C14H6Cl6S. The minimum Gasteiger partial charge on any atom is -0.134 e. The quantitative estimate of drug-likeness (QED) is 0.328. The molecule has 0 aliphatic heterocycles. The fourth-order valence-electron chi connectivity index (χ4n) is 2.27. The first-order valence-corrected chi connectivity index (χ1v) is 8.86. The van der Waals surface area contributed by atoms with Crippen LogP contribution in [0, 0.1) is 0 Å². The van der Waals surface area contributed by atoms with Crippen molar-refractivity contribution in [1.29, 1.82) is 0 Å². The Morgan fingerprint density at radius 3 is 1.33 bits per heavy atom. The van der Waals surface area contributed by atoms with E-state index >= 15 is 0 Å². The third kappa shape index (κ3) is 2.95. The fraction of sp³-hybridized carbons (Fsp3) is 0.143. The summed E-state index contributed by atoms with van der Waals surface area (Å²) in [6.07, 6.45) is 0. The summed E-state index contributed by atoms with van der Waals surface area (Å²) in [5, 5.41) is 1.96. The lowest BCUT2D eigenvalue weighted by Crippen LogP contribution is -1.99. The van der Waals surface area contributed by atoms with Gasteiger partial charge in [0.05, 0.1) is 0 Å². The van der Waals surface area contributed by atoms with Gasteiger partial charge in [-0.05, 0) is 0 Å². The average Bonchev–Trinajstić information content (AvgIpc) is 2.74. The molecule has 0 saturated heterocycles. The molecule has 0 spiro atoms. The van der Waals surface area contributed by atoms with E-state index in [1.165, 1.54) is 11.3 Å². The summed E-state index contributed by atoms with van der Waals surface area (Å²) in [5.74, 6) is 0. The molecule has 1 aromatic heterocycles. The highest BCUT2D eigenvalue weighted by atomic mass is 35.6. The van der Waals surface area contributed by atoms with Crippen LogP contribution < -0.4 is 0 Å². The molecule has 0 aliphatic carbocycles. The van der Waals surface area contributed by atoms with Crippen molar-refractivity contribution in [3.63, 3.8) is 0 Å². The minimum absolute atomic E-state index is 0.626. The van der Waals surface area contributed by atoms with Gasteiger partial charge < -0.3 is 0 Å². The summed E-state index contributed by atoms with van der Waals surface area (Å²) >= 11 is 37.8. The second-order valence-corrected chi connectivity index (χ2v) is 10.0. The van der Waals surface area contributed by atoms with Crippen molar-refractivity contribution < 1.29 is 0 Å². The number of alkyl halides is 6. The van der Waals surface area contributed by atoms with E-state index in [1.54, 1.807) is 12.1 Å². The molecule has 0 radical (unpaired) electrons. The van der Waals surface area contributed by atoms with Gasteiger partial charge in [0.25, 0.3) is 0 Å². The first-order valence-electron chi connectivity index (χ1n) is 5.78. The van der Waals surface area contributed by atoms with Crippen LogP contribution in [0.25, 0.3) is 20.2 Å². The van der Waals surface area contributed by atoms with Crippen LogP contribution >= 0.6 is 80.9 Å². The molecule has 2 aromatic carbocycles. The van der Waals surface area contributed by atoms with Crippen LogP contribution in [-0.2, 0) is 7.59 Å². The second kappa shape index (κ2) is 5.49. The molecule has 0 N–H and O–H groups in total. The van der Waals surface area contributed by atoms with Crippen LogP contribution in [0.15, 0.2) is 36.4 Å². The maximum atomic E-state index is 6.05. The van der Waals surface area contributed by atoms with E-state index in [2.05, 4.69) is 0 Å². The Labute approximate surface area is 155 Å². The topological polar surface area (TPSA) is 0 Å². The van der Waals surface area contributed by atoms with Crippen molar-refractivity contribution >= 4 is 101 Å². The summed E-state index contributed by atoms with van der Waals surface area (Å²) in [6, 6.07) is 11.2. The van der Waals surface area contributed by atoms with Gasteiger partial charge in [-0.15, -0.1) is 11.3 Å². The SMILES string of the molecule is ClC(Cl)(Cl)c1cccc2c1sc1c(C(Cl)(Cl)Cl)cccc12. The molecule has 110 valence electrons. The molecule has 7 heteroatoms. The number of halogens is 6. The van der Waals surface area contributed by atoms with Crippen LogP contribution in [0.3, 0.4) is 0 Å².